The molecule has 0 radical (unpaired) electrons. The highest BCUT2D eigenvalue weighted by Gasteiger charge is 2.21. The molecule has 0 spiro atoms. The largest absolute Gasteiger partial charge is 0.756 e. The number of hydrogen-bond donors (Lipinski definition) is 0. The third kappa shape index (κ3) is 38.5. The Morgan fingerprint density at radius 2 is 1.25 bits per heavy atom. The number of carbonyl (C=O) groups excluding carboxylic acids is 2. The van der Waals surface area contributed by atoms with Gasteiger partial charge in [0.15, 0.2) is 6.10 Å². The Morgan fingerprint density at radius 1 is 0.712 bits per heavy atom. The maximum absolute atomic E-state index is 13.6. The summed E-state index contributed by atoms with van der Waals surface area (Å²) in [5.74, 6) is -4.13. The second-order valence-electron chi connectivity index (χ2n) is 10.5. The van der Waals surface area contributed by atoms with Gasteiger partial charge in [-0.3, -0.25) is 14.2 Å². The number of esters is 2. The van der Waals surface area contributed by atoms with Crippen molar-refractivity contribution in [2.75, 3.05) is 47.2 Å². The van der Waals surface area contributed by atoms with Gasteiger partial charge in [-0.1, -0.05) is 154 Å². The Morgan fingerprint density at radius 3 is 1.83 bits per heavy atom. The van der Waals surface area contributed by atoms with Crippen molar-refractivity contribution in [3.05, 3.63) is 12.2 Å². The van der Waals surface area contributed by atoms with E-state index in [9.17, 15) is 19.0 Å². The highest BCUT2D eigenvalue weighted by Crippen LogP contribution is 2.38. The number of rotatable bonds is 39. The van der Waals surface area contributed by atoms with Crippen molar-refractivity contribution in [1.82, 2.24) is 0 Å². The second kappa shape index (κ2) is 35.5. The number of quaternary nitrogens is 1. The molecule has 0 aliphatic rings. The molecule has 0 amide bonds. The maximum atomic E-state index is 13.6. The van der Waals surface area contributed by atoms with Gasteiger partial charge in [0.1, 0.15) is 19.7 Å². The second-order valence-corrected chi connectivity index (χ2v) is 11.8. The Labute approximate surface area is 382 Å². The van der Waals surface area contributed by atoms with Gasteiger partial charge >= 0.3 is 11.9 Å². The van der Waals surface area contributed by atoms with Crippen molar-refractivity contribution >= 4 is 19.8 Å². The minimum atomic E-state index is -6.76. The SMILES string of the molecule is [2H]C([2H])([2H])C([2H])([2H])C([2H])([2H])C([2H])([2H])C([2H])([2H])C([2H])([2H])C([2H])([2H])C([2H])([2H])C([2H])([2H])C([2H])([2H])C([2H])([2H])C([2H])([2H])C([2H])([2H])C([2H])([2H])C([2H])([2H])C(=O)OC[C@H](COP(=O)([O-])OC([2H])([2H])C([2H])([2H])[N+](C([2H])([2H])[2H])(C([2H])([2H])[2H])C([2H])([2H])[2H])OC(=O)CCCCCCC/C=C\CCCCCCCC. The molecule has 0 aromatic carbocycles. The monoisotopic (exact) mass is 804 g/mol. The Hall–Kier alpha value is -1.25. The topological polar surface area (TPSA) is 111 Å². The lowest BCUT2D eigenvalue weighted by Crippen LogP contribution is -2.37. The van der Waals surface area contributed by atoms with Crippen LogP contribution in [-0.4, -0.2) is 69.7 Å². The first kappa shape index (κ1) is 14.3. The van der Waals surface area contributed by atoms with Crippen LogP contribution in [0.15, 0.2) is 12.2 Å². The average Bonchev–Trinajstić information content (AvgIpc) is 0.690. The molecule has 0 saturated heterocycles. The van der Waals surface area contributed by atoms with E-state index < -0.39 is 180 Å². The van der Waals surface area contributed by atoms with E-state index in [0.717, 1.165) is 51.4 Å². The minimum Gasteiger partial charge on any atom is -0.756 e. The fourth-order valence-electron chi connectivity index (χ4n) is 3.68. The van der Waals surface area contributed by atoms with Gasteiger partial charge in [-0.15, -0.1) is 0 Å². The van der Waals surface area contributed by atoms with Crippen LogP contribution in [0, 0.1) is 0 Å². The van der Waals surface area contributed by atoms with E-state index in [-0.39, 0.29) is 6.42 Å². The molecule has 9 nitrogen and oxygen atoms in total. The van der Waals surface area contributed by atoms with Crippen LogP contribution in [0.2, 0.25) is 0 Å². The summed E-state index contributed by atoms with van der Waals surface area (Å²) < 4.78 is 385. The molecule has 0 heterocycles. The maximum Gasteiger partial charge on any atom is 0.306 e. The van der Waals surface area contributed by atoms with Crippen LogP contribution in [0.25, 0.3) is 0 Å². The molecule has 0 bridgehead atoms. The zero-order valence-corrected chi connectivity index (χ0v) is 30.1. The molecule has 1 unspecified atom stereocenters. The van der Waals surface area contributed by atoms with E-state index >= 15 is 0 Å². The van der Waals surface area contributed by atoms with Gasteiger partial charge in [0, 0.05) is 55.3 Å². The Bertz CT molecular complexity index is 2610. The van der Waals surface area contributed by atoms with E-state index in [2.05, 4.69) is 26.8 Å². The van der Waals surface area contributed by atoms with E-state index in [0.29, 0.717) is 19.3 Å². The Balaban J connectivity index is 7.46. The molecule has 0 aromatic heterocycles. The van der Waals surface area contributed by atoms with Crippen LogP contribution in [0.3, 0.4) is 0 Å². The van der Waals surface area contributed by atoms with Gasteiger partial charge in [0.2, 0.25) is 0 Å². The molecule has 0 aromatic rings. The summed E-state index contributed by atoms with van der Waals surface area (Å²) in [6.45, 7) is -29.5. The highest BCUT2D eigenvalue weighted by atomic mass is 31.2. The predicted octanol–water partition coefficient (Wildman–Crippen LogP) is 11.2. The number of nitrogens with zero attached hydrogens (tertiary/aromatic N) is 1. The zero-order chi connectivity index (χ0) is 77.3. The predicted molar refractivity (Wildman–Crippen MR) is 213 cm³/mol. The number of phosphoric acid groups is 1. The third-order valence-corrected chi connectivity index (χ3v) is 6.83. The Kier molecular flexibility index (Phi) is 9.74. The first-order valence-corrected chi connectivity index (χ1v) is 17.9. The van der Waals surface area contributed by atoms with Crippen LogP contribution >= 0.6 is 7.82 Å². The van der Waals surface area contributed by atoms with Crippen LogP contribution in [0.4, 0.5) is 0 Å². The molecule has 0 saturated carbocycles. The number of allylic oxidation sites excluding steroid dienone is 2. The molecule has 2 atom stereocenters. The van der Waals surface area contributed by atoms with Crippen molar-refractivity contribution < 1.29 is 102 Å². The molecule has 0 fully saturated rings. The summed E-state index contributed by atoms with van der Waals surface area (Å²) in [5.41, 5.74) is 0. The summed E-state index contributed by atoms with van der Waals surface area (Å²) in [6.07, 6.45) is -60.3. The van der Waals surface area contributed by atoms with Gasteiger partial charge in [-0.05, 0) is 38.5 Å². The van der Waals surface area contributed by atoms with E-state index in [1.807, 2.05) is 6.08 Å². The van der Waals surface area contributed by atoms with E-state index in [1.54, 1.807) is 0 Å². The first-order valence-electron chi connectivity index (χ1n) is 38.5. The van der Waals surface area contributed by atoms with Gasteiger partial charge in [0.25, 0.3) is 7.82 Å². The molecule has 0 aliphatic carbocycles. The minimum absolute atomic E-state index is 0.00165. The van der Waals surface area contributed by atoms with Gasteiger partial charge < -0.3 is 27.9 Å². The van der Waals surface area contributed by atoms with Crippen molar-refractivity contribution in [3.63, 3.8) is 0 Å². The highest BCUT2D eigenvalue weighted by molar-refractivity contribution is 7.45. The van der Waals surface area contributed by atoms with Crippen molar-refractivity contribution in [1.29, 1.82) is 0 Å². The number of likely N-dealkylation sites (N-methyl/N-ethyl adjacent to an activating group) is 1. The summed E-state index contributed by atoms with van der Waals surface area (Å²) >= 11 is 0. The van der Waals surface area contributed by atoms with Crippen LogP contribution in [-0.2, 0) is 32.7 Å². The molecule has 10 heteroatoms. The fraction of sp³-hybridized carbons (Fsp3) is 0.905. The van der Waals surface area contributed by atoms with Crippen LogP contribution in [0.1, 0.15) is 253 Å². The zero-order valence-electron chi connectivity index (χ0n) is 73.2. The fourth-order valence-corrected chi connectivity index (χ4v) is 4.23. The lowest BCUT2D eigenvalue weighted by molar-refractivity contribution is -0.870. The molecular formula is C42H82NO8P. The quantitative estimate of drug-likeness (QED) is 0.0199. The first-order chi connectivity index (χ1) is 41.9. The molecule has 308 valence electrons. The number of hydrogen-bond acceptors (Lipinski definition) is 8. The lowest BCUT2D eigenvalue weighted by Gasteiger charge is -2.28. The smallest absolute Gasteiger partial charge is 0.306 e. The number of phosphoric ester groups is 1. The van der Waals surface area contributed by atoms with Crippen molar-refractivity contribution in [2.24, 2.45) is 0 Å². The molecular weight excluding hydrogens is 677 g/mol. The van der Waals surface area contributed by atoms with Crippen LogP contribution < -0.4 is 4.89 Å². The summed E-state index contributed by atoms with van der Waals surface area (Å²) in [5, 5.41) is 0. The van der Waals surface area contributed by atoms with Crippen LogP contribution in [0.5, 0.6) is 0 Å². The van der Waals surface area contributed by atoms with Gasteiger partial charge in [0.05, 0.1) is 45.4 Å². The summed E-state index contributed by atoms with van der Waals surface area (Å²) in [6, 6.07) is 0. The van der Waals surface area contributed by atoms with Crippen molar-refractivity contribution in [3.8, 4) is 0 Å². The number of ether oxygens (including phenoxy) is 2. The standard InChI is InChI=1S/C42H82NO8P/c1-6-8-10-12-14-16-18-20-21-23-25-27-29-31-33-35-42(45)51-40(39-50-52(46,47)49-37-36-43(3,4)5)38-48-41(44)34-32-30-28-26-24-22-19-17-15-13-11-9-7-2/h20-21,40H,6-19,22-39H2,1-5H3/b21-20-/t40-/m1/s1/i2D3,3D3,4D3,5D3,7D2,9D2,11D2,13D2,15D2,17D2,19D2,22D2,24D2,26D2,28D2,30D2,32D2,34D2,36D2,37D2. The van der Waals surface area contributed by atoms with Gasteiger partial charge in [-0.2, -0.15) is 0 Å². The normalized spacial score (nSPS) is 31.7. The van der Waals surface area contributed by atoms with Gasteiger partial charge in [-0.25, -0.2) is 0 Å². The number of unbranched alkanes of at least 4 members (excludes halogenated alkanes) is 11. The summed E-state index contributed by atoms with van der Waals surface area (Å²) in [4.78, 5) is 40.1. The molecule has 0 rings (SSSR count). The molecule has 0 N–H and O–H groups in total. The molecule has 0 aliphatic heterocycles. The summed E-state index contributed by atoms with van der Waals surface area (Å²) in [7, 11) is -6.76. The van der Waals surface area contributed by atoms with E-state index in [4.69, 9.17) is 65.1 Å². The molecule has 52 heavy (non-hydrogen) atoms. The third-order valence-electron chi connectivity index (χ3n) is 6.05. The van der Waals surface area contributed by atoms with Crippen molar-refractivity contribution in [2.45, 2.75) is 199 Å². The lowest BCUT2D eigenvalue weighted by atomic mass is 10.0. The number of carbonyl (C=O) groups is 2. The van der Waals surface area contributed by atoms with E-state index in [1.165, 1.54) is 6.42 Å². The average molecular weight is 804 g/mol.